The highest BCUT2D eigenvalue weighted by atomic mass is 32.1. The maximum absolute atomic E-state index is 13.0. The smallest absolute Gasteiger partial charge is 0.322 e. The van der Waals surface area contributed by atoms with Gasteiger partial charge in [0.25, 0.3) is 11.8 Å². The van der Waals surface area contributed by atoms with Crippen LogP contribution in [0.3, 0.4) is 0 Å². The number of nitrogens with one attached hydrogen (secondary N) is 2. The Morgan fingerprint density at radius 1 is 1.10 bits per heavy atom. The van der Waals surface area contributed by atoms with Crippen LogP contribution >= 0.6 is 11.3 Å². The van der Waals surface area contributed by atoms with E-state index in [9.17, 15) is 14.4 Å². The molecule has 1 atom stereocenters. The molecule has 0 radical (unpaired) electrons. The van der Waals surface area contributed by atoms with Gasteiger partial charge in [-0.2, -0.15) is 5.01 Å². The molecule has 1 aliphatic rings. The lowest BCUT2D eigenvalue weighted by Crippen LogP contribution is -2.48. The van der Waals surface area contributed by atoms with Crippen molar-refractivity contribution >= 4 is 29.2 Å². The van der Waals surface area contributed by atoms with Gasteiger partial charge < -0.3 is 5.32 Å². The Morgan fingerprint density at radius 3 is 2.42 bits per heavy atom. The van der Waals surface area contributed by atoms with Crippen LogP contribution in [-0.2, 0) is 11.2 Å². The quantitative estimate of drug-likeness (QED) is 0.579. The molecule has 4 amide bonds. The van der Waals surface area contributed by atoms with Gasteiger partial charge in [-0.1, -0.05) is 60.7 Å². The first-order valence-electron chi connectivity index (χ1n) is 9.92. The normalized spacial score (nSPS) is 18.2. The summed E-state index contributed by atoms with van der Waals surface area (Å²) < 4.78 is 0. The minimum Gasteiger partial charge on any atom is -0.322 e. The molecule has 0 spiro atoms. The van der Waals surface area contributed by atoms with Crippen LogP contribution in [0.15, 0.2) is 60.7 Å². The second-order valence-corrected chi connectivity index (χ2v) is 8.63. The largest absolute Gasteiger partial charge is 0.344 e. The Balaban J connectivity index is 1.47. The number of urea groups is 1. The fourth-order valence-corrected chi connectivity index (χ4v) is 4.42. The topological polar surface area (TPSA) is 91.4 Å². The molecule has 31 heavy (non-hydrogen) atoms. The third kappa shape index (κ3) is 4.20. The summed E-state index contributed by atoms with van der Waals surface area (Å²) in [6.07, 6.45) is 1.05. The first-order valence-corrected chi connectivity index (χ1v) is 10.7. The van der Waals surface area contributed by atoms with Crippen molar-refractivity contribution in [1.82, 2.24) is 20.7 Å². The van der Waals surface area contributed by atoms with Crippen molar-refractivity contribution in [3.63, 3.8) is 0 Å². The molecule has 4 rings (SSSR count). The number of nitrogens with zero attached hydrogens (tertiary/aromatic N) is 2. The van der Waals surface area contributed by atoms with E-state index in [1.807, 2.05) is 60.7 Å². The van der Waals surface area contributed by atoms with Crippen molar-refractivity contribution in [1.29, 1.82) is 0 Å². The van der Waals surface area contributed by atoms with E-state index in [-0.39, 0.29) is 0 Å². The summed E-state index contributed by atoms with van der Waals surface area (Å²) in [7, 11) is 0. The van der Waals surface area contributed by atoms with E-state index in [2.05, 4.69) is 15.7 Å². The second-order valence-electron chi connectivity index (χ2n) is 7.63. The molecule has 8 heteroatoms. The number of hydrogen-bond donors (Lipinski definition) is 2. The van der Waals surface area contributed by atoms with Crippen LogP contribution in [0.25, 0.3) is 10.6 Å². The van der Waals surface area contributed by atoms with Gasteiger partial charge in [0, 0.05) is 5.56 Å². The molecule has 158 valence electrons. The van der Waals surface area contributed by atoms with Crippen LogP contribution in [0.2, 0.25) is 0 Å². The molecule has 2 aromatic carbocycles. The molecule has 2 heterocycles. The molecule has 1 fully saturated rings. The van der Waals surface area contributed by atoms with E-state index in [0.717, 1.165) is 16.1 Å². The molecular weight excluding hydrogens is 412 g/mol. The van der Waals surface area contributed by atoms with Crippen LogP contribution in [0, 0.1) is 6.92 Å². The number of amides is 4. The number of thiazole rings is 1. The minimum absolute atomic E-state index is 0.359. The van der Waals surface area contributed by atoms with Crippen molar-refractivity contribution in [3.05, 3.63) is 76.8 Å². The molecule has 7 nitrogen and oxygen atoms in total. The number of hydrogen-bond acceptors (Lipinski definition) is 5. The number of carbonyl (C=O) groups excluding carboxylic acids is 3. The van der Waals surface area contributed by atoms with Gasteiger partial charge in [-0.3, -0.25) is 15.0 Å². The van der Waals surface area contributed by atoms with Gasteiger partial charge in [-0.15, -0.1) is 11.3 Å². The van der Waals surface area contributed by atoms with Crippen molar-refractivity contribution in [2.75, 3.05) is 0 Å². The van der Waals surface area contributed by atoms with E-state index >= 15 is 0 Å². The Hall–Kier alpha value is -3.52. The zero-order chi connectivity index (χ0) is 22.0. The van der Waals surface area contributed by atoms with Gasteiger partial charge >= 0.3 is 6.03 Å². The van der Waals surface area contributed by atoms with Crippen molar-refractivity contribution in [3.8, 4) is 10.6 Å². The average Bonchev–Trinajstić information content (AvgIpc) is 3.27. The van der Waals surface area contributed by atoms with Crippen LogP contribution < -0.4 is 10.7 Å². The Bertz CT molecular complexity index is 1130. The standard InChI is InChI=1S/C23H22N4O3S/c1-15-18(31-20(24-15)17-11-7-4-8-12-17)19(28)26-27-21(29)23(2,25-22(27)30)14-13-16-9-5-3-6-10-16/h3-12H,13-14H2,1-2H3,(H,25,30)(H,26,28)/t23-/m0/s1. The fourth-order valence-electron chi connectivity index (χ4n) is 3.46. The molecule has 0 saturated carbocycles. The van der Waals surface area contributed by atoms with Gasteiger partial charge in [-0.25, -0.2) is 9.78 Å². The summed E-state index contributed by atoms with van der Waals surface area (Å²) >= 11 is 1.22. The zero-order valence-electron chi connectivity index (χ0n) is 17.2. The van der Waals surface area contributed by atoms with Crippen LogP contribution in [0.1, 0.15) is 34.3 Å². The van der Waals surface area contributed by atoms with Crippen molar-refractivity contribution in [2.24, 2.45) is 0 Å². The SMILES string of the molecule is Cc1nc(-c2ccccc2)sc1C(=O)NN1C(=O)N[C@@](C)(CCc2ccccc2)C1=O. The molecule has 3 aromatic rings. The molecular formula is C23H22N4O3S. The van der Waals surface area contributed by atoms with Gasteiger partial charge in [0.15, 0.2) is 0 Å². The van der Waals surface area contributed by atoms with Gasteiger partial charge in [0.05, 0.1) is 5.69 Å². The number of carbonyl (C=O) groups is 3. The highest BCUT2D eigenvalue weighted by molar-refractivity contribution is 7.17. The lowest BCUT2D eigenvalue weighted by Gasteiger charge is -2.21. The maximum atomic E-state index is 13.0. The molecule has 0 bridgehead atoms. The van der Waals surface area contributed by atoms with Gasteiger partial charge in [0.2, 0.25) is 0 Å². The summed E-state index contributed by atoms with van der Waals surface area (Å²) in [4.78, 5) is 43.1. The number of rotatable bonds is 6. The summed E-state index contributed by atoms with van der Waals surface area (Å²) in [5.41, 5.74) is 3.89. The highest BCUT2D eigenvalue weighted by Gasteiger charge is 2.48. The number of benzene rings is 2. The maximum Gasteiger partial charge on any atom is 0.344 e. The molecule has 1 aromatic heterocycles. The summed E-state index contributed by atoms with van der Waals surface area (Å²) in [5, 5.41) is 4.19. The number of hydrazine groups is 1. The molecule has 2 N–H and O–H groups in total. The average molecular weight is 435 g/mol. The van der Waals surface area contributed by atoms with Crippen molar-refractivity contribution in [2.45, 2.75) is 32.2 Å². The van der Waals surface area contributed by atoms with E-state index in [0.29, 0.717) is 28.4 Å². The Labute approximate surface area is 184 Å². The van der Waals surface area contributed by atoms with E-state index in [4.69, 9.17) is 0 Å². The summed E-state index contributed by atoms with van der Waals surface area (Å²) in [6.45, 7) is 3.40. The zero-order valence-corrected chi connectivity index (χ0v) is 18.0. The van der Waals surface area contributed by atoms with Gasteiger partial charge in [0.1, 0.15) is 15.4 Å². The monoisotopic (exact) mass is 434 g/mol. The molecule has 1 saturated heterocycles. The van der Waals surface area contributed by atoms with E-state index < -0.39 is 23.4 Å². The first kappa shape index (κ1) is 20.7. The van der Waals surface area contributed by atoms with E-state index in [1.165, 1.54) is 11.3 Å². The van der Waals surface area contributed by atoms with Crippen LogP contribution in [-0.4, -0.2) is 33.4 Å². The number of imide groups is 1. The lowest BCUT2D eigenvalue weighted by molar-refractivity contribution is -0.132. The van der Waals surface area contributed by atoms with Crippen molar-refractivity contribution < 1.29 is 14.4 Å². The van der Waals surface area contributed by atoms with Crippen LogP contribution in [0.5, 0.6) is 0 Å². The Kier molecular flexibility index (Phi) is 5.56. The molecule has 1 aliphatic heterocycles. The number of aryl methyl sites for hydroxylation is 2. The number of aromatic nitrogens is 1. The predicted octanol–water partition coefficient (Wildman–Crippen LogP) is 3.71. The van der Waals surface area contributed by atoms with Gasteiger partial charge in [-0.05, 0) is 32.3 Å². The summed E-state index contributed by atoms with van der Waals surface area (Å²) in [6, 6.07) is 18.6. The fraction of sp³-hybridized carbons (Fsp3) is 0.217. The second kappa shape index (κ2) is 8.31. The molecule has 0 unspecified atom stereocenters. The van der Waals surface area contributed by atoms with E-state index in [1.54, 1.807) is 13.8 Å². The lowest BCUT2D eigenvalue weighted by atomic mass is 9.93. The highest BCUT2D eigenvalue weighted by Crippen LogP contribution is 2.28. The third-order valence-electron chi connectivity index (χ3n) is 5.25. The molecule has 0 aliphatic carbocycles. The predicted molar refractivity (Wildman–Crippen MR) is 118 cm³/mol. The summed E-state index contributed by atoms with van der Waals surface area (Å²) in [5.74, 6) is -1.01. The van der Waals surface area contributed by atoms with Crippen LogP contribution in [0.4, 0.5) is 4.79 Å². The first-order chi connectivity index (χ1) is 14.9. The Morgan fingerprint density at radius 2 is 1.74 bits per heavy atom. The minimum atomic E-state index is -1.09. The third-order valence-corrected chi connectivity index (χ3v) is 6.46.